The Bertz CT molecular complexity index is 346. The van der Waals surface area contributed by atoms with Gasteiger partial charge < -0.3 is 10.2 Å². The van der Waals surface area contributed by atoms with Gasteiger partial charge in [0.2, 0.25) is 5.28 Å². The Morgan fingerprint density at radius 2 is 2.29 bits per heavy atom. The van der Waals surface area contributed by atoms with E-state index in [0.29, 0.717) is 11.3 Å². The lowest BCUT2D eigenvalue weighted by Crippen LogP contribution is -2.35. The van der Waals surface area contributed by atoms with Gasteiger partial charge in [-0.25, -0.2) is 9.97 Å². The Morgan fingerprint density at radius 3 is 2.88 bits per heavy atom. The van der Waals surface area contributed by atoms with Crippen LogP contribution in [0.4, 0.5) is 5.82 Å². The molecule has 0 saturated carbocycles. The Hall–Kier alpha value is -0.580. The number of aryl methyl sites for hydroxylation is 1. The number of nitrogens with zero attached hydrogens (tertiary/aromatic N) is 3. The minimum atomic E-state index is 0. The first-order chi connectivity index (χ1) is 7.65. The molecule has 0 aliphatic carbocycles. The van der Waals surface area contributed by atoms with Gasteiger partial charge in [-0.3, -0.25) is 0 Å². The van der Waals surface area contributed by atoms with Crippen LogP contribution in [0.2, 0.25) is 5.28 Å². The second-order valence-electron chi connectivity index (χ2n) is 4.31. The van der Waals surface area contributed by atoms with E-state index in [1.54, 1.807) is 0 Å². The van der Waals surface area contributed by atoms with Crippen LogP contribution in [0.1, 0.15) is 18.5 Å². The van der Waals surface area contributed by atoms with Crippen LogP contribution in [0, 0.1) is 6.92 Å². The van der Waals surface area contributed by atoms with E-state index in [1.807, 2.05) is 20.0 Å². The number of aromatic nitrogens is 2. The molecule has 96 valence electrons. The van der Waals surface area contributed by atoms with Crippen LogP contribution in [-0.2, 0) is 0 Å². The molecule has 1 saturated heterocycles. The molecule has 0 amide bonds. The van der Waals surface area contributed by atoms with E-state index >= 15 is 0 Å². The summed E-state index contributed by atoms with van der Waals surface area (Å²) >= 11 is 5.85. The molecule has 0 spiro atoms. The van der Waals surface area contributed by atoms with E-state index in [2.05, 4.69) is 20.2 Å². The molecule has 1 fully saturated rings. The van der Waals surface area contributed by atoms with Gasteiger partial charge in [0, 0.05) is 31.4 Å². The van der Waals surface area contributed by atoms with E-state index in [4.69, 9.17) is 11.6 Å². The maximum Gasteiger partial charge on any atom is 0.224 e. The van der Waals surface area contributed by atoms with Crippen molar-refractivity contribution < 1.29 is 0 Å². The van der Waals surface area contributed by atoms with Crippen LogP contribution < -0.4 is 10.2 Å². The SMILES string of the molecule is Cc1cc(N(C)CC2CCCN2)nc(Cl)n1.Cl. The number of anilines is 1. The predicted molar refractivity (Wildman–Crippen MR) is 73.3 cm³/mol. The van der Waals surface area contributed by atoms with Crippen LogP contribution in [0.15, 0.2) is 6.07 Å². The molecular formula is C11H18Cl2N4. The summed E-state index contributed by atoms with van der Waals surface area (Å²) in [7, 11) is 2.04. The van der Waals surface area contributed by atoms with Crippen molar-refractivity contribution in [3.05, 3.63) is 17.0 Å². The molecule has 1 aliphatic heterocycles. The second kappa shape index (κ2) is 6.38. The lowest BCUT2D eigenvalue weighted by molar-refractivity contribution is 0.597. The standard InChI is InChI=1S/C11H17ClN4.ClH/c1-8-6-10(15-11(12)14-8)16(2)7-9-4-3-5-13-9;/h6,9,13H,3-5,7H2,1-2H3;1H. The molecule has 6 heteroatoms. The average molecular weight is 277 g/mol. The highest BCUT2D eigenvalue weighted by Crippen LogP contribution is 2.15. The summed E-state index contributed by atoms with van der Waals surface area (Å²) in [5.41, 5.74) is 0.904. The lowest BCUT2D eigenvalue weighted by atomic mass is 10.2. The molecule has 2 heterocycles. The molecular weight excluding hydrogens is 259 g/mol. The van der Waals surface area contributed by atoms with Gasteiger partial charge in [-0.05, 0) is 37.9 Å². The van der Waals surface area contributed by atoms with Crippen molar-refractivity contribution in [2.45, 2.75) is 25.8 Å². The van der Waals surface area contributed by atoms with E-state index in [9.17, 15) is 0 Å². The molecule has 17 heavy (non-hydrogen) atoms. The number of nitrogens with one attached hydrogen (secondary N) is 1. The number of hydrogen-bond donors (Lipinski definition) is 1. The van der Waals surface area contributed by atoms with E-state index in [1.165, 1.54) is 12.8 Å². The number of likely N-dealkylation sites (N-methyl/N-ethyl adjacent to an activating group) is 1. The molecule has 1 aromatic rings. The third-order valence-corrected chi connectivity index (χ3v) is 3.03. The fourth-order valence-corrected chi connectivity index (χ4v) is 2.27. The van der Waals surface area contributed by atoms with Crippen LogP contribution in [0.3, 0.4) is 0 Å². The van der Waals surface area contributed by atoms with Gasteiger partial charge >= 0.3 is 0 Å². The third kappa shape index (κ3) is 3.98. The van der Waals surface area contributed by atoms with Crippen LogP contribution in [-0.4, -0.2) is 36.1 Å². The molecule has 1 aliphatic rings. The second-order valence-corrected chi connectivity index (χ2v) is 4.65. The molecule has 0 radical (unpaired) electrons. The minimum absolute atomic E-state index is 0. The van der Waals surface area contributed by atoms with Gasteiger partial charge in [-0.2, -0.15) is 0 Å². The summed E-state index contributed by atoms with van der Waals surface area (Å²) in [4.78, 5) is 10.4. The maximum atomic E-state index is 5.85. The summed E-state index contributed by atoms with van der Waals surface area (Å²) < 4.78 is 0. The predicted octanol–water partition coefficient (Wildman–Crippen LogP) is 2.05. The summed E-state index contributed by atoms with van der Waals surface area (Å²) in [6.45, 7) is 4.02. The summed E-state index contributed by atoms with van der Waals surface area (Å²) in [5.74, 6) is 0.895. The number of rotatable bonds is 3. The van der Waals surface area contributed by atoms with Gasteiger partial charge in [0.25, 0.3) is 0 Å². The highest BCUT2D eigenvalue weighted by Gasteiger charge is 2.17. The first kappa shape index (κ1) is 14.5. The lowest BCUT2D eigenvalue weighted by Gasteiger charge is -2.22. The molecule has 2 rings (SSSR count). The topological polar surface area (TPSA) is 41.0 Å². The quantitative estimate of drug-likeness (QED) is 0.858. The summed E-state index contributed by atoms with van der Waals surface area (Å²) in [6, 6.07) is 2.53. The molecule has 4 nitrogen and oxygen atoms in total. The van der Waals surface area contributed by atoms with Crippen molar-refractivity contribution >= 4 is 29.8 Å². The van der Waals surface area contributed by atoms with Crippen LogP contribution >= 0.6 is 24.0 Å². The Kier molecular flexibility index (Phi) is 5.43. The zero-order valence-electron chi connectivity index (χ0n) is 10.1. The van der Waals surface area contributed by atoms with E-state index in [0.717, 1.165) is 24.6 Å². The van der Waals surface area contributed by atoms with Crippen molar-refractivity contribution in [2.24, 2.45) is 0 Å². The first-order valence-corrected chi connectivity index (χ1v) is 5.98. The fraction of sp³-hybridized carbons (Fsp3) is 0.636. The summed E-state index contributed by atoms with van der Waals surface area (Å²) in [6.07, 6.45) is 2.50. The van der Waals surface area contributed by atoms with Gasteiger partial charge in [0.05, 0.1) is 0 Å². The van der Waals surface area contributed by atoms with E-state index in [-0.39, 0.29) is 12.4 Å². The van der Waals surface area contributed by atoms with Crippen molar-refractivity contribution in [3.63, 3.8) is 0 Å². The van der Waals surface area contributed by atoms with Crippen molar-refractivity contribution in [1.29, 1.82) is 0 Å². The first-order valence-electron chi connectivity index (χ1n) is 5.61. The van der Waals surface area contributed by atoms with Crippen molar-refractivity contribution in [1.82, 2.24) is 15.3 Å². The van der Waals surface area contributed by atoms with Gasteiger partial charge in [0.15, 0.2) is 0 Å². The number of halogens is 2. The molecule has 1 atom stereocenters. The van der Waals surface area contributed by atoms with Gasteiger partial charge in [-0.1, -0.05) is 0 Å². The highest BCUT2D eigenvalue weighted by molar-refractivity contribution is 6.28. The minimum Gasteiger partial charge on any atom is -0.358 e. The fourth-order valence-electron chi connectivity index (χ4n) is 2.05. The highest BCUT2D eigenvalue weighted by atomic mass is 35.5. The van der Waals surface area contributed by atoms with E-state index < -0.39 is 0 Å². The van der Waals surface area contributed by atoms with Gasteiger partial charge in [0.1, 0.15) is 5.82 Å². The maximum absolute atomic E-state index is 5.85. The van der Waals surface area contributed by atoms with Crippen LogP contribution in [0.5, 0.6) is 0 Å². The molecule has 1 unspecified atom stereocenters. The monoisotopic (exact) mass is 276 g/mol. The van der Waals surface area contributed by atoms with Crippen LogP contribution in [0.25, 0.3) is 0 Å². The summed E-state index contributed by atoms with van der Waals surface area (Å²) in [5, 5.41) is 3.79. The van der Waals surface area contributed by atoms with Crippen molar-refractivity contribution in [3.8, 4) is 0 Å². The molecule has 0 bridgehead atoms. The Labute approximate surface area is 113 Å². The molecule has 1 N–H and O–H groups in total. The zero-order chi connectivity index (χ0) is 11.5. The smallest absolute Gasteiger partial charge is 0.224 e. The Balaban J connectivity index is 0.00000144. The average Bonchev–Trinajstić information content (AvgIpc) is 2.68. The zero-order valence-corrected chi connectivity index (χ0v) is 11.7. The normalized spacial score (nSPS) is 18.9. The Morgan fingerprint density at radius 1 is 1.53 bits per heavy atom. The molecule has 1 aromatic heterocycles. The number of hydrogen-bond acceptors (Lipinski definition) is 4. The largest absolute Gasteiger partial charge is 0.358 e. The van der Waals surface area contributed by atoms with Gasteiger partial charge in [-0.15, -0.1) is 12.4 Å². The molecule has 0 aromatic carbocycles. The third-order valence-electron chi connectivity index (χ3n) is 2.86. The van der Waals surface area contributed by atoms with Crippen molar-refractivity contribution in [2.75, 3.05) is 25.0 Å².